The van der Waals surface area contributed by atoms with Gasteiger partial charge in [-0.1, -0.05) is 35.0 Å². The summed E-state index contributed by atoms with van der Waals surface area (Å²) in [5, 5.41) is 5.99. The Morgan fingerprint density at radius 2 is 1.89 bits per heavy atom. The van der Waals surface area contributed by atoms with E-state index in [0.717, 1.165) is 16.0 Å². The van der Waals surface area contributed by atoms with Gasteiger partial charge >= 0.3 is 0 Å². The number of nitrogens with zero attached hydrogens (tertiary/aromatic N) is 2. The van der Waals surface area contributed by atoms with Crippen LogP contribution in [0.5, 0.6) is 0 Å². The van der Waals surface area contributed by atoms with Gasteiger partial charge in [0.1, 0.15) is 4.88 Å². The first kappa shape index (κ1) is 11.9. The minimum atomic E-state index is 0.478. The van der Waals surface area contributed by atoms with E-state index in [0.29, 0.717) is 17.4 Å². The van der Waals surface area contributed by atoms with E-state index in [4.69, 9.17) is 10.3 Å². The summed E-state index contributed by atoms with van der Waals surface area (Å²) >= 11 is 1.52. The number of hydrogen-bond donors (Lipinski definition) is 1. The Bertz CT molecular complexity index is 713. The second kappa shape index (κ2) is 4.51. The second-order valence-corrected chi connectivity index (χ2v) is 5.33. The van der Waals surface area contributed by atoms with Crippen molar-refractivity contribution in [2.45, 2.75) is 13.8 Å². The van der Waals surface area contributed by atoms with Crippen molar-refractivity contribution in [3.05, 3.63) is 40.8 Å². The van der Waals surface area contributed by atoms with Crippen LogP contribution in [0.1, 0.15) is 11.1 Å². The van der Waals surface area contributed by atoms with Gasteiger partial charge in [-0.3, -0.25) is 0 Å². The van der Waals surface area contributed by atoms with Crippen molar-refractivity contribution in [3.63, 3.8) is 0 Å². The molecule has 0 fully saturated rings. The third kappa shape index (κ3) is 2.13. The molecule has 0 atom stereocenters. The summed E-state index contributed by atoms with van der Waals surface area (Å²) in [5.74, 6) is 1.06. The molecule has 0 amide bonds. The maximum atomic E-state index is 5.99. The van der Waals surface area contributed by atoms with Gasteiger partial charge in [0, 0.05) is 5.56 Å². The minimum absolute atomic E-state index is 0.478. The van der Waals surface area contributed by atoms with Crippen LogP contribution in [0.15, 0.2) is 34.2 Å². The highest BCUT2D eigenvalue weighted by molar-refractivity contribution is 7.14. The number of aromatic nitrogens is 2. The summed E-state index contributed by atoms with van der Waals surface area (Å²) in [6.45, 7) is 4.01. The van der Waals surface area contributed by atoms with Gasteiger partial charge in [0.2, 0.25) is 5.82 Å². The van der Waals surface area contributed by atoms with E-state index in [1.807, 2.05) is 43.5 Å². The molecule has 4 nitrogen and oxygen atoms in total. The van der Waals surface area contributed by atoms with Crippen LogP contribution >= 0.6 is 11.3 Å². The number of thiophene rings is 1. The third-order valence-corrected chi connectivity index (χ3v) is 4.05. The van der Waals surface area contributed by atoms with Crippen LogP contribution in [-0.4, -0.2) is 10.1 Å². The zero-order chi connectivity index (χ0) is 13.4. The lowest BCUT2D eigenvalue weighted by atomic mass is 10.1. The van der Waals surface area contributed by atoms with Crippen molar-refractivity contribution in [3.8, 4) is 22.2 Å². The smallest absolute Gasteiger partial charge is 0.270 e. The highest BCUT2D eigenvalue weighted by Crippen LogP contribution is 2.34. The van der Waals surface area contributed by atoms with Gasteiger partial charge in [-0.2, -0.15) is 4.98 Å². The zero-order valence-electron chi connectivity index (χ0n) is 10.7. The van der Waals surface area contributed by atoms with E-state index >= 15 is 0 Å². The number of rotatable bonds is 2. The average molecular weight is 271 g/mol. The fourth-order valence-corrected chi connectivity index (χ4v) is 2.65. The molecule has 0 unspecified atom stereocenters. The Morgan fingerprint density at radius 3 is 2.53 bits per heavy atom. The first-order valence-electron chi connectivity index (χ1n) is 5.90. The van der Waals surface area contributed by atoms with E-state index in [1.165, 1.54) is 16.9 Å². The summed E-state index contributed by atoms with van der Waals surface area (Å²) in [6, 6.07) is 8.00. The van der Waals surface area contributed by atoms with E-state index < -0.39 is 0 Å². The molecule has 3 aromatic rings. The number of nitrogen functional groups attached to an aromatic ring is 1. The van der Waals surface area contributed by atoms with E-state index in [2.05, 4.69) is 10.1 Å². The lowest BCUT2D eigenvalue weighted by Crippen LogP contribution is -1.87. The van der Waals surface area contributed by atoms with Gasteiger partial charge in [-0.15, -0.1) is 11.3 Å². The van der Waals surface area contributed by atoms with Crippen LogP contribution in [0.3, 0.4) is 0 Å². The molecular weight excluding hydrogens is 258 g/mol. The maximum Gasteiger partial charge on any atom is 0.270 e. The van der Waals surface area contributed by atoms with E-state index in [9.17, 15) is 0 Å². The second-order valence-electron chi connectivity index (χ2n) is 4.45. The Hall–Kier alpha value is -2.14. The van der Waals surface area contributed by atoms with E-state index in [-0.39, 0.29) is 0 Å². The van der Waals surface area contributed by atoms with Crippen LogP contribution in [0.4, 0.5) is 5.69 Å². The molecule has 0 saturated carbocycles. The summed E-state index contributed by atoms with van der Waals surface area (Å²) < 4.78 is 5.30. The highest BCUT2D eigenvalue weighted by Gasteiger charge is 2.15. The quantitative estimate of drug-likeness (QED) is 0.772. The number of benzene rings is 1. The van der Waals surface area contributed by atoms with Crippen molar-refractivity contribution in [1.29, 1.82) is 0 Å². The van der Waals surface area contributed by atoms with Crippen molar-refractivity contribution < 1.29 is 4.52 Å². The van der Waals surface area contributed by atoms with Crippen LogP contribution in [0, 0.1) is 13.8 Å². The highest BCUT2D eigenvalue weighted by atomic mass is 32.1. The molecule has 2 N–H and O–H groups in total. The Kier molecular flexibility index (Phi) is 2.83. The lowest BCUT2D eigenvalue weighted by molar-refractivity contribution is 0.433. The predicted octanol–water partition coefficient (Wildman–Crippen LogP) is 3.66. The monoisotopic (exact) mass is 271 g/mol. The van der Waals surface area contributed by atoms with Crippen molar-refractivity contribution in [2.75, 3.05) is 5.73 Å². The Labute approximate surface area is 114 Å². The lowest BCUT2D eigenvalue weighted by Gasteiger charge is -1.94. The number of anilines is 1. The van der Waals surface area contributed by atoms with Crippen LogP contribution in [-0.2, 0) is 0 Å². The molecule has 19 heavy (non-hydrogen) atoms. The molecule has 0 bridgehead atoms. The number of hydrogen-bond acceptors (Lipinski definition) is 5. The minimum Gasteiger partial charge on any atom is -0.397 e. The van der Waals surface area contributed by atoms with Gasteiger partial charge < -0.3 is 10.3 Å². The van der Waals surface area contributed by atoms with Crippen molar-refractivity contribution in [1.82, 2.24) is 10.1 Å². The average Bonchev–Trinajstić information content (AvgIpc) is 2.99. The summed E-state index contributed by atoms with van der Waals surface area (Å²) in [7, 11) is 0. The Morgan fingerprint density at radius 1 is 1.16 bits per heavy atom. The molecule has 0 aliphatic carbocycles. The zero-order valence-corrected chi connectivity index (χ0v) is 11.5. The molecule has 0 spiro atoms. The van der Waals surface area contributed by atoms with Crippen LogP contribution in [0.25, 0.3) is 22.2 Å². The molecule has 96 valence electrons. The number of aryl methyl sites for hydroxylation is 2. The topological polar surface area (TPSA) is 64.9 Å². The molecule has 1 aromatic carbocycles. The third-order valence-electron chi connectivity index (χ3n) is 2.95. The van der Waals surface area contributed by atoms with Crippen LogP contribution in [0.2, 0.25) is 0 Å². The summed E-state index contributed by atoms with van der Waals surface area (Å²) in [6.07, 6.45) is 0. The normalized spacial score (nSPS) is 10.8. The van der Waals surface area contributed by atoms with Crippen molar-refractivity contribution in [2.24, 2.45) is 0 Å². The summed E-state index contributed by atoms with van der Waals surface area (Å²) in [4.78, 5) is 5.24. The maximum absolute atomic E-state index is 5.99. The Balaban J connectivity index is 2.00. The molecule has 0 saturated heterocycles. The molecule has 5 heteroatoms. The molecule has 2 heterocycles. The first-order chi connectivity index (χ1) is 9.15. The molecule has 0 aliphatic heterocycles. The van der Waals surface area contributed by atoms with Gasteiger partial charge in [0.15, 0.2) is 0 Å². The van der Waals surface area contributed by atoms with Crippen LogP contribution < -0.4 is 5.73 Å². The first-order valence-corrected chi connectivity index (χ1v) is 6.78. The molecule has 0 radical (unpaired) electrons. The molecule has 0 aliphatic rings. The molecular formula is C14H13N3OS. The predicted molar refractivity (Wildman–Crippen MR) is 76.9 cm³/mol. The molecule has 2 aromatic heterocycles. The fourth-order valence-electron chi connectivity index (χ4n) is 1.75. The summed E-state index contributed by atoms with van der Waals surface area (Å²) in [5.41, 5.74) is 9.87. The number of nitrogens with two attached hydrogens (primary N) is 1. The molecule has 3 rings (SSSR count). The van der Waals surface area contributed by atoms with E-state index in [1.54, 1.807) is 0 Å². The SMILES string of the molecule is Cc1ccc(-c2noc(-c3scc(C)c3N)n2)cc1. The fraction of sp³-hybridized carbons (Fsp3) is 0.143. The van der Waals surface area contributed by atoms with Gasteiger partial charge in [0.05, 0.1) is 5.69 Å². The van der Waals surface area contributed by atoms with Gasteiger partial charge in [0.25, 0.3) is 5.89 Å². The van der Waals surface area contributed by atoms with Gasteiger partial charge in [-0.05, 0) is 24.8 Å². The standard InChI is InChI=1S/C14H13N3OS/c1-8-3-5-10(6-4-8)13-16-14(18-17-13)12-11(15)9(2)7-19-12/h3-7H,15H2,1-2H3. The van der Waals surface area contributed by atoms with Crippen molar-refractivity contribution >= 4 is 17.0 Å². The van der Waals surface area contributed by atoms with Gasteiger partial charge in [-0.25, -0.2) is 0 Å². The largest absolute Gasteiger partial charge is 0.397 e.